The van der Waals surface area contributed by atoms with Crippen molar-refractivity contribution in [1.82, 2.24) is 0 Å². The number of para-hydroxylation sites is 1. The minimum absolute atomic E-state index is 0.916. The first kappa shape index (κ1) is 26.1. The van der Waals surface area contributed by atoms with Crippen LogP contribution in [0.25, 0.3) is 98.4 Å². The molecule has 1 heterocycles. The van der Waals surface area contributed by atoms with Crippen LogP contribution in [0.5, 0.6) is 0 Å². The minimum Gasteiger partial charge on any atom is -0.456 e. The molecule has 0 atom stereocenters. The summed E-state index contributed by atoms with van der Waals surface area (Å²) in [5.41, 5.74) is 9.21. The predicted molar refractivity (Wildman–Crippen MR) is 200 cm³/mol. The lowest BCUT2D eigenvalue weighted by Crippen LogP contribution is -1.93. The van der Waals surface area contributed by atoms with Crippen molar-refractivity contribution in [2.45, 2.75) is 0 Å². The van der Waals surface area contributed by atoms with Gasteiger partial charge in [-0.1, -0.05) is 146 Å². The van der Waals surface area contributed by atoms with E-state index in [1.165, 1.54) is 81.9 Å². The molecule has 0 N–H and O–H groups in total. The summed E-state index contributed by atoms with van der Waals surface area (Å²) < 4.78 is 6.54. The highest BCUT2D eigenvalue weighted by molar-refractivity contribution is 6.28. The third-order valence-electron chi connectivity index (χ3n) is 9.82. The molecule has 47 heavy (non-hydrogen) atoms. The highest BCUT2D eigenvalue weighted by Crippen LogP contribution is 2.48. The zero-order chi connectivity index (χ0) is 30.9. The molecule has 218 valence electrons. The molecule has 0 amide bonds. The fraction of sp³-hybridized carbons (Fsp3) is 0. The molecule has 1 heteroatoms. The first-order valence-corrected chi connectivity index (χ1v) is 16.2. The van der Waals surface area contributed by atoms with Gasteiger partial charge in [-0.3, -0.25) is 0 Å². The molecule has 0 fully saturated rings. The number of fused-ring (bicyclic) bond motifs is 8. The van der Waals surface area contributed by atoms with Gasteiger partial charge in [-0.15, -0.1) is 0 Å². The molecule has 0 aliphatic carbocycles. The van der Waals surface area contributed by atoms with Gasteiger partial charge in [0.15, 0.2) is 0 Å². The van der Waals surface area contributed by atoms with Crippen LogP contribution in [0.1, 0.15) is 0 Å². The summed E-state index contributed by atoms with van der Waals surface area (Å²) in [4.78, 5) is 0. The fourth-order valence-electron chi connectivity index (χ4n) is 7.84. The number of benzene rings is 9. The molecule has 0 aliphatic heterocycles. The van der Waals surface area contributed by atoms with Crippen molar-refractivity contribution in [2.75, 3.05) is 0 Å². The Hall–Kier alpha value is -6.18. The molecule has 0 aliphatic rings. The van der Waals surface area contributed by atoms with Gasteiger partial charge in [0.2, 0.25) is 0 Å². The van der Waals surface area contributed by atoms with Gasteiger partial charge in [-0.2, -0.15) is 0 Å². The highest BCUT2D eigenvalue weighted by atomic mass is 16.3. The molecule has 9 aromatic carbocycles. The maximum Gasteiger partial charge on any atom is 0.136 e. The molecule has 0 bridgehead atoms. The van der Waals surface area contributed by atoms with Gasteiger partial charge in [0.25, 0.3) is 0 Å². The lowest BCUT2D eigenvalue weighted by Gasteiger charge is -2.20. The normalized spacial score (nSPS) is 11.8. The first-order chi connectivity index (χ1) is 23.3. The van der Waals surface area contributed by atoms with E-state index in [-0.39, 0.29) is 0 Å². The van der Waals surface area contributed by atoms with E-state index in [0.717, 1.165) is 16.6 Å². The Kier molecular flexibility index (Phi) is 5.64. The van der Waals surface area contributed by atoms with Crippen molar-refractivity contribution in [1.29, 1.82) is 0 Å². The summed E-state index contributed by atoms with van der Waals surface area (Å²) in [6.07, 6.45) is 0. The highest BCUT2D eigenvalue weighted by Gasteiger charge is 2.21. The van der Waals surface area contributed by atoms with Crippen molar-refractivity contribution < 1.29 is 4.42 Å². The van der Waals surface area contributed by atoms with Gasteiger partial charge in [0, 0.05) is 10.8 Å². The van der Waals surface area contributed by atoms with E-state index in [9.17, 15) is 0 Å². The fourth-order valence-corrected chi connectivity index (χ4v) is 7.84. The van der Waals surface area contributed by atoms with Crippen LogP contribution in [0.2, 0.25) is 0 Å². The first-order valence-electron chi connectivity index (χ1n) is 16.2. The number of hydrogen-bond donors (Lipinski definition) is 0. The van der Waals surface area contributed by atoms with E-state index in [0.29, 0.717) is 0 Å². The standard InChI is InChI=1S/C46H28O/c1-2-14-29(15-3-1)40-27-31(26-30-16-4-5-17-32(30)40)44-35-20-8-10-22-37(35)45(38-23-11-9-21-36(38)44)41-28-43-46(34-19-7-6-18-33(34)41)39-24-12-13-25-42(39)47-43/h1-28H. The molecule has 10 rings (SSSR count). The molecule has 0 saturated heterocycles. The molecule has 10 aromatic rings. The second kappa shape index (κ2) is 10.2. The Labute approximate surface area is 271 Å². The van der Waals surface area contributed by atoms with E-state index in [1.54, 1.807) is 0 Å². The molecular weight excluding hydrogens is 569 g/mol. The van der Waals surface area contributed by atoms with Crippen molar-refractivity contribution in [2.24, 2.45) is 0 Å². The van der Waals surface area contributed by atoms with Crippen LogP contribution < -0.4 is 0 Å². The zero-order valence-electron chi connectivity index (χ0n) is 25.6. The molecule has 0 spiro atoms. The minimum atomic E-state index is 0.916. The Bertz CT molecular complexity index is 2780. The van der Waals surface area contributed by atoms with E-state index in [1.807, 2.05) is 6.07 Å². The van der Waals surface area contributed by atoms with Crippen molar-refractivity contribution in [3.63, 3.8) is 0 Å². The summed E-state index contributed by atoms with van der Waals surface area (Å²) in [6, 6.07) is 61.5. The maximum absolute atomic E-state index is 6.54. The van der Waals surface area contributed by atoms with Crippen molar-refractivity contribution >= 4 is 65.0 Å². The summed E-state index contributed by atoms with van der Waals surface area (Å²) in [6.45, 7) is 0. The monoisotopic (exact) mass is 596 g/mol. The number of furan rings is 1. The Morgan fingerprint density at radius 3 is 1.53 bits per heavy atom. The van der Waals surface area contributed by atoms with Gasteiger partial charge < -0.3 is 4.42 Å². The molecule has 1 aromatic heterocycles. The van der Waals surface area contributed by atoms with Gasteiger partial charge in [-0.05, 0) is 101 Å². The van der Waals surface area contributed by atoms with Crippen LogP contribution in [0.4, 0.5) is 0 Å². The Morgan fingerprint density at radius 1 is 0.298 bits per heavy atom. The predicted octanol–water partition coefficient (Wildman–Crippen LogP) is 13.2. The largest absolute Gasteiger partial charge is 0.456 e. The van der Waals surface area contributed by atoms with Crippen LogP contribution in [0.3, 0.4) is 0 Å². The molecule has 1 nitrogen and oxygen atoms in total. The molecular formula is C46H28O. The summed E-state index contributed by atoms with van der Waals surface area (Å²) in [5, 5.41) is 12.2. The molecule has 0 unspecified atom stereocenters. The van der Waals surface area contributed by atoms with Crippen LogP contribution in [0.15, 0.2) is 174 Å². The summed E-state index contributed by atoms with van der Waals surface area (Å²) in [5.74, 6) is 0. The van der Waals surface area contributed by atoms with E-state index >= 15 is 0 Å². The maximum atomic E-state index is 6.54. The smallest absolute Gasteiger partial charge is 0.136 e. The third-order valence-corrected chi connectivity index (χ3v) is 9.82. The van der Waals surface area contributed by atoms with Gasteiger partial charge in [-0.25, -0.2) is 0 Å². The van der Waals surface area contributed by atoms with Crippen LogP contribution in [-0.2, 0) is 0 Å². The molecule has 0 saturated carbocycles. The quantitative estimate of drug-likeness (QED) is 0.185. The Balaban J connectivity index is 1.35. The zero-order valence-corrected chi connectivity index (χ0v) is 25.6. The lowest BCUT2D eigenvalue weighted by molar-refractivity contribution is 0.669. The van der Waals surface area contributed by atoms with Gasteiger partial charge >= 0.3 is 0 Å². The lowest BCUT2D eigenvalue weighted by atomic mass is 9.83. The average molecular weight is 597 g/mol. The SMILES string of the molecule is c1ccc(-c2cc(-c3c4ccccc4c(-c4cc5oc6ccccc6c5c5ccccc45)c4ccccc34)cc3ccccc23)cc1. The van der Waals surface area contributed by atoms with Crippen LogP contribution in [0, 0.1) is 0 Å². The number of hydrogen-bond acceptors (Lipinski definition) is 1. The van der Waals surface area contributed by atoms with E-state index < -0.39 is 0 Å². The van der Waals surface area contributed by atoms with Gasteiger partial charge in [0.05, 0.1) is 0 Å². The van der Waals surface area contributed by atoms with E-state index in [2.05, 4.69) is 164 Å². The van der Waals surface area contributed by atoms with Crippen molar-refractivity contribution in [3.05, 3.63) is 170 Å². The third kappa shape index (κ3) is 3.90. The number of rotatable bonds is 3. The average Bonchev–Trinajstić information content (AvgIpc) is 3.52. The topological polar surface area (TPSA) is 13.1 Å². The summed E-state index contributed by atoms with van der Waals surface area (Å²) in [7, 11) is 0. The Morgan fingerprint density at radius 2 is 0.830 bits per heavy atom. The van der Waals surface area contributed by atoms with E-state index in [4.69, 9.17) is 4.42 Å². The summed E-state index contributed by atoms with van der Waals surface area (Å²) >= 11 is 0. The molecule has 0 radical (unpaired) electrons. The van der Waals surface area contributed by atoms with Gasteiger partial charge in [0.1, 0.15) is 11.2 Å². The second-order valence-electron chi connectivity index (χ2n) is 12.4. The van der Waals surface area contributed by atoms with Crippen LogP contribution >= 0.6 is 0 Å². The second-order valence-corrected chi connectivity index (χ2v) is 12.4. The van der Waals surface area contributed by atoms with Crippen LogP contribution in [-0.4, -0.2) is 0 Å². The van der Waals surface area contributed by atoms with Crippen molar-refractivity contribution in [3.8, 4) is 33.4 Å².